The molecule has 4 aromatic rings. The molecule has 1 unspecified atom stereocenters. The molecule has 27 heavy (non-hydrogen) atoms. The van der Waals surface area contributed by atoms with Gasteiger partial charge in [0.2, 0.25) is 5.91 Å². The molecule has 2 aromatic carbocycles. The van der Waals surface area contributed by atoms with Crippen LogP contribution in [0.1, 0.15) is 29.8 Å². The second kappa shape index (κ2) is 7.32. The minimum absolute atomic E-state index is 0.00847. The van der Waals surface area contributed by atoms with Gasteiger partial charge in [0, 0.05) is 17.4 Å². The maximum atomic E-state index is 12.9. The summed E-state index contributed by atoms with van der Waals surface area (Å²) in [5, 5.41) is 10.9. The molecule has 136 valence electrons. The van der Waals surface area contributed by atoms with E-state index in [2.05, 4.69) is 26.6 Å². The number of anilines is 1. The Kier molecular flexibility index (Phi) is 4.73. The summed E-state index contributed by atoms with van der Waals surface area (Å²) in [4.78, 5) is 17.4. The zero-order valence-corrected chi connectivity index (χ0v) is 16.0. The van der Waals surface area contributed by atoms with Crippen LogP contribution < -0.4 is 5.32 Å². The lowest BCUT2D eigenvalue weighted by Gasteiger charge is -2.16. The van der Waals surface area contributed by atoms with Crippen LogP contribution >= 0.6 is 11.3 Å². The first kappa shape index (κ1) is 17.4. The summed E-state index contributed by atoms with van der Waals surface area (Å²) in [5.41, 5.74) is 4.89. The van der Waals surface area contributed by atoms with Gasteiger partial charge < -0.3 is 5.32 Å². The molecule has 0 aliphatic heterocycles. The van der Waals surface area contributed by atoms with Crippen LogP contribution in [-0.2, 0) is 4.79 Å². The molecule has 0 saturated heterocycles. The normalized spacial score (nSPS) is 12.2. The lowest BCUT2D eigenvalue weighted by Crippen LogP contribution is -2.20. The fraction of sp³-hybridized carbons (Fsp3) is 0.190. The van der Waals surface area contributed by atoms with E-state index in [0.29, 0.717) is 0 Å². The predicted octanol–water partition coefficient (Wildman–Crippen LogP) is 5.13. The second-order valence-corrected chi connectivity index (χ2v) is 7.71. The number of aryl methyl sites for hydroxylation is 1. The molecule has 0 saturated carbocycles. The van der Waals surface area contributed by atoms with Crippen molar-refractivity contribution in [3.8, 4) is 11.1 Å². The van der Waals surface area contributed by atoms with Crippen LogP contribution in [0.5, 0.6) is 0 Å². The molecular weight excluding hydrogens is 356 g/mol. The van der Waals surface area contributed by atoms with Crippen molar-refractivity contribution in [1.82, 2.24) is 15.2 Å². The van der Waals surface area contributed by atoms with Crippen molar-refractivity contribution in [2.75, 3.05) is 5.32 Å². The molecule has 1 atom stereocenters. The van der Waals surface area contributed by atoms with Crippen LogP contribution in [0, 0.1) is 6.92 Å². The molecule has 4 rings (SSSR count). The Morgan fingerprint density at radius 2 is 2.00 bits per heavy atom. The van der Waals surface area contributed by atoms with Crippen molar-refractivity contribution in [3.05, 3.63) is 65.4 Å². The number of hydrogen-bond acceptors (Lipinski definition) is 4. The van der Waals surface area contributed by atoms with Crippen LogP contribution in [0.25, 0.3) is 21.3 Å². The highest BCUT2D eigenvalue weighted by Gasteiger charge is 2.19. The first-order chi connectivity index (χ1) is 13.1. The zero-order chi connectivity index (χ0) is 18.8. The molecule has 5 nitrogen and oxygen atoms in total. The van der Waals surface area contributed by atoms with Crippen molar-refractivity contribution in [2.45, 2.75) is 26.2 Å². The smallest absolute Gasteiger partial charge is 0.231 e. The third-order valence-corrected chi connectivity index (χ3v) is 5.56. The molecule has 0 fully saturated rings. The number of fused-ring (bicyclic) bond motifs is 1. The lowest BCUT2D eigenvalue weighted by atomic mass is 9.95. The molecular formula is C21H20N4OS. The molecule has 1 amide bonds. The Balaban J connectivity index is 1.52. The highest BCUT2D eigenvalue weighted by molar-refractivity contribution is 7.18. The molecule has 2 N–H and O–H groups in total. The van der Waals surface area contributed by atoms with Gasteiger partial charge in [0.05, 0.1) is 27.3 Å². The van der Waals surface area contributed by atoms with Crippen molar-refractivity contribution in [1.29, 1.82) is 0 Å². The number of benzene rings is 2. The Hall–Kier alpha value is -2.99. The van der Waals surface area contributed by atoms with Gasteiger partial charge in [-0.25, -0.2) is 4.98 Å². The van der Waals surface area contributed by atoms with Gasteiger partial charge in [0.1, 0.15) is 0 Å². The molecule has 2 aromatic heterocycles. The van der Waals surface area contributed by atoms with Gasteiger partial charge in [-0.1, -0.05) is 25.1 Å². The summed E-state index contributed by atoms with van der Waals surface area (Å²) in [5.74, 6) is -0.181. The molecule has 0 bridgehead atoms. The number of aromatic amines is 1. The quantitative estimate of drug-likeness (QED) is 0.507. The number of aromatic nitrogens is 3. The Morgan fingerprint density at radius 3 is 2.70 bits per heavy atom. The molecule has 6 heteroatoms. The summed E-state index contributed by atoms with van der Waals surface area (Å²) in [6, 6.07) is 13.9. The molecule has 2 heterocycles. The first-order valence-electron chi connectivity index (χ1n) is 8.91. The number of nitrogens with one attached hydrogen (secondary N) is 2. The zero-order valence-electron chi connectivity index (χ0n) is 15.2. The SMILES string of the molecule is CCC(C(=O)Nc1ccc(-c2cn[nH]c2)cc1)c1ccc2nc(C)sc2c1. The van der Waals surface area contributed by atoms with E-state index in [4.69, 9.17) is 0 Å². The lowest BCUT2D eigenvalue weighted by molar-refractivity contribution is -0.117. The van der Waals surface area contributed by atoms with Crippen molar-refractivity contribution in [3.63, 3.8) is 0 Å². The van der Waals surface area contributed by atoms with E-state index in [1.54, 1.807) is 17.5 Å². The van der Waals surface area contributed by atoms with Gasteiger partial charge in [0.15, 0.2) is 0 Å². The van der Waals surface area contributed by atoms with Crippen LogP contribution in [0.15, 0.2) is 54.9 Å². The van der Waals surface area contributed by atoms with Crippen molar-refractivity contribution >= 4 is 33.1 Å². The summed E-state index contributed by atoms with van der Waals surface area (Å²) in [7, 11) is 0. The number of carbonyl (C=O) groups is 1. The molecule has 0 aliphatic rings. The summed E-state index contributed by atoms with van der Waals surface area (Å²) < 4.78 is 1.13. The van der Waals surface area contributed by atoms with Crippen molar-refractivity contribution < 1.29 is 4.79 Å². The van der Waals surface area contributed by atoms with E-state index >= 15 is 0 Å². The Bertz CT molecular complexity index is 1070. The van der Waals surface area contributed by atoms with E-state index in [-0.39, 0.29) is 11.8 Å². The highest BCUT2D eigenvalue weighted by atomic mass is 32.1. The van der Waals surface area contributed by atoms with E-state index in [1.807, 2.05) is 56.4 Å². The fourth-order valence-electron chi connectivity index (χ4n) is 3.23. The van der Waals surface area contributed by atoms with Gasteiger partial charge in [-0.2, -0.15) is 5.10 Å². The maximum absolute atomic E-state index is 12.9. The maximum Gasteiger partial charge on any atom is 0.231 e. The average molecular weight is 376 g/mol. The van der Waals surface area contributed by atoms with E-state index in [0.717, 1.165) is 44.0 Å². The number of rotatable bonds is 5. The summed E-state index contributed by atoms with van der Waals surface area (Å²) in [6.45, 7) is 4.04. The van der Waals surface area contributed by atoms with E-state index < -0.39 is 0 Å². The summed E-state index contributed by atoms with van der Waals surface area (Å²) >= 11 is 1.66. The van der Waals surface area contributed by atoms with Crippen LogP contribution in [-0.4, -0.2) is 21.1 Å². The number of thiazole rings is 1. The number of carbonyl (C=O) groups excluding carboxylic acids is 1. The van der Waals surface area contributed by atoms with Crippen LogP contribution in [0.3, 0.4) is 0 Å². The summed E-state index contributed by atoms with van der Waals surface area (Å²) in [6.07, 6.45) is 4.36. The van der Waals surface area contributed by atoms with E-state index in [9.17, 15) is 4.79 Å². The van der Waals surface area contributed by atoms with Gasteiger partial charge >= 0.3 is 0 Å². The Morgan fingerprint density at radius 1 is 1.19 bits per heavy atom. The average Bonchev–Trinajstić information content (AvgIpc) is 3.31. The predicted molar refractivity (Wildman–Crippen MR) is 110 cm³/mol. The monoisotopic (exact) mass is 376 g/mol. The van der Waals surface area contributed by atoms with Crippen molar-refractivity contribution in [2.24, 2.45) is 0 Å². The molecule has 0 aliphatic carbocycles. The highest BCUT2D eigenvalue weighted by Crippen LogP contribution is 2.29. The third-order valence-electron chi connectivity index (χ3n) is 4.63. The number of H-pyrrole nitrogens is 1. The third kappa shape index (κ3) is 3.61. The second-order valence-electron chi connectivity index (χ2n) is 6.47. The van der Waals surface area contributed by atoms with Gasteiger partial charge in [-0.3, -0.25) is 9.89 Å². The Labute approximate surface area is 161 Å². The van der Waals surface area contributed by atoms with Crippen LogP contribution in [0.4, 0.5) is 5.69 Å². The fourth-order valence-corrected chi connectivity index (χ4v) is 4.11. The number of hydrogen-bond donors (Lipinski definition) is 2. The van der Waals surface area contributed by atoms with E-state index in [1.165, 1.54) is 0 Å². The minimum Gasteiger partial charge on any atom is -0.326 e. The molecule has 0 spiro atoms. The first-order valence-corrected chi connectivity index (χ1v) is 9.73. The number of amides is 1. The van der Waals surface area contributed by atoms with Crippen LogP contribution in [0.2, 0.25) is 0 Å². The topological polar surface area (TPSA) is 70.7 Å². The minimum atomic E-state index is -0.189. The molecule has 0 radical (unpaired) electrons. The van der Waals surface area contributed by atoms with Gasteiger partial charge in [0.25, 0.3) is 0 Å². The standard InChI is InChI=1S/C21H20N4OS/c1-3-18(15-6-9-19-20(10-15)27-13(2)24-19)21(26)25-17-7-4-14(5-8-17)16-11-22-23-12-16/h4-12,18H,3H2,1-2H3,(H,22,23)(H,25,26). The van der Waals surface area contributed by atoms with Gasteiger partial charge in [-0.15, -0.1) is 11.3 Å². The van der Waals surface area contributed by atoms with Gasteiger partial charge in [-0.05, 0) is 48.7 Å². The number of nitrogens with zero attached hydrogens (tertiary/aromatic N) is 2. The largest absolute Gasteiger partial charge is 0.326 e.